The summed E-state index contributed by atoms with van der Waals surface area (Å²) in [4.78, 5) is 281. The van der Waals surface area contributed by atoms with Crippen molar-refractivity contribution < 1.29 is 57.5 Å². The molecule has 0 saturated carbocycles. The molecule has 0 radical (unpaired) electrons. The normalized spacial score (nSPS) is 12.4. The van der Waals surface area contributed by atoms with Crippen LogP contribution >= 0.6 is 0 Å². The minimum atomic E-state index is -1.44. The molecule has 10 amide bonds. The Balaban J connectivity index is 1.30. The van der Waals surface area contributed by atoms with Crippen LogP contribution in [-0.2, 0) is 90.2 Å². The summed E-state index contributed by atoms with van der Waals surface area (Å²) in [6.07, 6.45) is 4.92. The Hall–Kier alpha value is -12.5. The van der Waals surface area contributed by atoms with Crippen molar-refractivity contribution in [1.29, 1.82) is 0 Å². The summed E-state index contributed by atoms with van der Waals surface area (Å²) in [5.41, 5.74) is -1.93. The van der Waals surface area contributed by atoms with Crippen LogP contribution in [0.1, 0.15) is 98.9 Å². The fourth-order valence-corrected chi connectivity index (χ4v) is 10.4. The summed E-state index contributed by atoms with van der Waals surface area (Å²) in [5.74, 6) is -9.08. The van der Waals surface area contributed by atoms with E-state index in [4.69, 9.17) is 10.5 Å². The number of carbonyl (C=O) groups excluding carboxylic acids is 11. The number of amides is 10. The Morgan fingerprint density at radius 1 is 0.346 bits per heavy atom. The molecule has 5 aromatic rings. The maximum Gasteiger partial charge on any atom is 0.328 e. The van der Waals surface area contributed by atoms with Gasteiger partial charge in [-0.05, 0) is 112 Å². The van der Waals surface area contributed by atoms with Gasteiger partial charge in [0.15, 0.2) is 0 Å². The Bertz CT molecular complexity index is 4720. The summed E-state index contributed by atoms with van der Waals surface area (Å²) in [6.45, 7) is 3.91. The Morgan fingerprint density at radius 3 is 0.757 bits per heavy atom. The van der Waals surface area contributed by atoms with Gasteiger partial charge in [-0.25, -0.2) is 24.0 Å². The first-order chi connectivity index (χ1) is 50.7. The summed E-state index contributed by atoms with van der Waals surface area (Å²) < 4.78 is 9.33. The molecule has 0 fully saturated rings. The molecule has 43 nitrogen and oxygen atoms in total. The molecule has 0 aromatic carbocycles. The Kier molecular flexibility index (Phi) is 33.2. The molecule has 582 valence electrons. The number of aryl methyl sites for hydroxylation is 5. The zero-order chi connectivity index (χ0) is 79.2. The van der Waals surface area contributed by atoms with E-state index < -0.39 is 191 Å². The van der Waals surface area contributed by atoms with Crippen LogP contribution in [0.3, 0.4) is 0 Å². The Labute approximate surface area is 604 Å². The second-order valence-corrected chi connectivity index (χ2v) is 24.8. The second-order valence-electron chi connectivity index (χ2n) is 24.8. The molecule has 17 N–H and O–H groups in total. The maximum atomic E-state index is 14.1. The van der Waals surface area contributed by atoms with Crippen LogP contribution in [0.5, 0.6) is 0 Å². The monoisotopic (exact) mass is 1500 g/mol. The smallest absolute Gasteiger partial charge is 0.328 e. The van der Waals surface area contributed by atoms with Crippen molar-refractivity contribution >= 4 is 65.0 Å². The van der Waals surface area contributed by atoms with Crippen LogP contribution in [0.15, 0.2) is 78.9 Å². The van der Waals surface area contributed by atoms with Crippen molar-refractivity contribution in [3.8, 4) is 0 Å². The lowest BCUT2D eigenvalue weighted by atomic mass is 10.1. The predicted molar refractivity (Wildman–Crippen MR) is 377 cm³/mol. The fraction of sp³-hybridized carbons (Fsp3) is 0.516. The summed E-state index contributed by atoms with van der Waals surface area (Å²) >= 11 is 0. The lowest BCUT2D eigenvalue weighted by Gasteiger charge is -2.22. The molecule has 43 heteroatoms. The zero-order valence-corrected chi connectivity index (χ0v) is 59.6. The third-order valence-corrected chi connectivity index (χ3v) is 16.1. The molecule has 0 aliphatic rings. The molecule has 0 bridgehead atoms. The first-order valence-electron chi connectivity index (χ1n) is 33.9. The van der Waals surface area contributed by atoms with Gasteiger partial charge in [-0.15, -0.1) is 0 Å². The molecule has 5 rings (SSSR count). The predicted octanol–water partition coefficient (Wildman–Crippen LogP) is -9.29. The average molecular weight is 1500 g/mol. The van der Waals surface area contributed by atoms with Gasteiger partial charge in [-0.2, -0.15) is 0 Å². The molecule has 0 aliphatic carbocycles. The van der Waals surface area contributed by atoms with Gasteiger partial charge in [0.05, 0.1) is 6.61 Å². The van der Waals surface area contributed by atoms with E-state index in [0.29, 0.717) is 0 Å². The summed E-state index contributed by atoms with van der Waals surface area (Å²) in [6, 6.07) is -6.79. The highest BCUT2D eigenvalue weighted by atomic mass is 16.5. The van der Waals surface area contributed by atoms with Crippen molar-refractivity contribution in [2.24, 2.45) is 5.73 Å². The van der Waals surface area contributed by atoms with Gasteiger partial charge in [0, 0.05) is 85.0 Å². The molecular weight excluding hydrogens is 1410 g/mol. The van der Waals surface area contributed by atoms with E-state index in [0.717, 1.165) is 47.6 Å². The second kappa shape index (κ2) is 41.7. The molecule has 107 heavy (non-hydrogen) atoms. The van der Waals surface area contributed by atoms with Crippen molar-refractivity contribution in [2.45, 2.75) is 169 Å². The van der Waals surface area contributed by atoms with Crippen molar-refractivity contribution in [3.05, 3.63) is 163 Å². The van der Waals surface area contributed by atoms with Crippen LogP contribution in [-0.4, -0.2) is 189 Å². The van der Waals surface area contributed by atoms with Gasteiger partial charge in [-0.3, -0.25) is 124 Å². The molecule has 5 heterocycles. The van der Waals surface area contributed by atoms with E-state index in [1.54, 1.807) is 0 Å². The lowest BCUT2D eigenvalue weighted by Crippen LogP contribution is -2.51. The standard InChI is InChI=1S/C64H89N21O22/c1-7-107-49(91)23-70-59(101)43(75-48(90)33-85-28-38(6)54(96)80-64(85)106)17-12-22-69-58(100)42(74-47(89)32-84-27-37(5)53(95)79-63(84)105)16-11-21-68-57(99)41(73-46(88)31-83-26-36(4)52(94)78-62(83)104)15-10-20-67-56(98)40(72-45(87)30-82-25-35(3)51(93)77-61(82)103)14-9-19-66-55(97)39(13-8-18-65)71-44(86)29-81-24-34(2)50(92)76-60(81)102/h24-28,39-43H,7-23,29-33,65H2,1-6H3,(H,66,97)(H,67,98)(H,68,99)(H,69,100)(H,70,101)(H,71,86)(H,72,87)(H,73,88)(H,74,89)(H,75,90)(H,76,92,102)(H,77,93,103)(H,78,94,104)(H,79,95,105)(H,80,96,106)/t39-,40-,41-,42-,43-/m0/s1. The number of nitrogens with two attached hydrogens (primary N) is 1. The van der Waals surface area contributed by atoms with E-state index in [1.807, 2.05) is 0 Å². The molecular formula is C64H89N21O22. The number of esters is 1. The van der Waals surface area contributed by atoms with Crippen LogP contribution in [0.2, 0.25) is 0 Å². The number of rotatable bonds is 42. The number of hydrogen-bond acceptors (Lipinski definition) is 23. The van der Waals surface area contributed by atoms with Crippen LogP contribution in [0, 0.1) is 34.6 Å². The minimum absolute atomic E-state index is 0.00567. The third kappa shape index (κ3) is 27.9. The fourth-order valence-electron chi connectivity index (χ4n) is 10.4. The SMILES string of the molecule is CCOC(=O)CNC(=O)[C@H](CCCNC(=O)[C@H](CCCNC(=O)[C@H](CCCNC(=O)[C@H](CCCNC(=O)[C@H](CCCN)NC(=O)Cn1cc(C)c(=O)[nH]c1=O)NC(=O)Cn1cc(C)c(=O)[nH]c1=O)NC(=O)Cn1cc(C)c(=O)[nH]c1=O)NC(=O)Cn1cc(C)c(=O)[nH]c1=O)NC(=O)Cn1cc(C)c(=O)[nH]c1=O. The van der Waals surface area contributed by atoms with E-state index in [-0.39, 0.29) is 131 Å². The molecule has 0 saturated heterocycles. The molecule has 0 unspecified atom stereocenters. The number of nitrogens with zero attached hydrogens (tertiary/aromatic N) is 5. The number of nitrogens with one attached hydrogen (secondary N) is 15. The highest BCUT2D eigenvalue weighted by Crippen LogP contribution is 2.07. The summed E-state index contributed by atoms with van der Waals surface area (Å²) in [5, 5.41) is 25.5. The van der Waals surface area contributed by atoms with Gasteiger partial charge >= 0.3 is 34.4 Å². The average Bonchev–Trinajstić information content (AvgIpc) is 0.866. The van der Waals surface area contributed by atoms with Crippen LogP contribution in [0.4, 0.5) is 0 Å². The zero-order valence-electron chi connectivity index (χ0n) is 59.6. The number of hydrogen-bond donors (Lipinski definition) is 16. The van der Waals surface area contributed by atoms with Gasteiger partial charge in [0.1, 0.15) is 69.5 Å². The quantitative estimate of drug-likeness (QED) is 0.0127. The minimum Gasteiger partial charge on any atom is -0.465 e. The number of H-pyrrole nitrogens is 5. The van der Waals surface area contributed by atoms with Crippen molar-refractivity contribution in [2.75, 3.05) is 45.9 Å². The van der Waals surface area contributed by atoms with Gasteiger partial charge < -0.3 is 63.6 Å². The summed E-state index contributed by atoms with van der Waals surface area (Å²) in [7, 11) is 0. The molecule has 5 aromatic heterocycles. The molecule has 0 spiro atoms. The topological polar surface area (TPSA) is 618 Å². The van der Waals surface area contributed by atoms with E-state index in [1.165, 1.54) is 47.7 Å². The van der Waals surface area contributed by atoms with E-state index >= 15 is 0 Å². The van der Waals surface area contributed by atoms with Crippen molar-refractivity contribution in [1.82, 2.24) is 101 Å². The lowest BCUT2D eigenvalue weighted by molar-refractivity contribution is -0.143. The number of aromatic nitrogens is 10. The van der Waals surface area contributed by atoms with Crippen LogP contribution in [0.25, 0.3) is 0 Å². The first-order valence-corrected chi connectivity index (χ1v) is 33.9. The maximum absolute atomic E-state index is 14.1. The van der Waals surface area contributed by atoms with Crippen LogP contribution < -0.4 is 115 Å². The number of ether oxygens (including phenoxy) is 1. The highest BCUT2D eigenvalue weighted by Gasteiger charge is 2.28. The Morgan fingerprint density at radius 2 is 0.551 bits per heavy atom. The third-order valence-electron chi connectivity index (χ3n) is 16.1. The van der Waals surface area contributed by atoms with Gasteiger partial charge in [0.2, 0.25) is 59.1 Å². The number of aromatic amines is 5. The number of carbonyl (C=O) groups is 11. The molecule has 5 atom stereocenters. The molecule has 0 aliphatic heterocycles. The van der Waals surface area contributed by atoms with Crippen molar-refractivity contribution in [3.63, 3.8) is 0 Å². The van der Waals surface area contributed by atoms with E-state index in [2.05, 4.69) is 78.1 Å². The van der Waals surface area contributed by atoms with E-state index in [9.17, 15) is 101 Å². The van der Waals surface area contributed by atoms with Gasteiger partial charge in [0.25, 0.3) is 27.8 Å². The first kappa shape index (κ1) is 85.2. The van der Waals surface area contributed by atoms with Gasteiger partial charge in [-0.1, -0.05) is 0 Å². The highest BCUT2D eigenvalue weighted by molar-refractivity contribution is 5.91. The largest absolute Gasteiger partial charge is 0.465 e.